The fourth-order valence-corrected chi connectivity index (χ4v) is 4.12. The smallest absolute Gasteiger partial charge is 0.412 e. The van der Waals surface area contributed by atoms with E-state index in [1.807, 2.05) is 63.2 Å². The number of halogens is 1. The summed E-state index contributed by atoms with van der Waals surface area (Å²) in [7, 11) is 1.61. The Bertz CT molecular complexity index is 1240. The number of hydrogen-bond acceptors (Lipinski definition) is 8. The number of aromatic nitrogens is 2. The summed E-state index contributed by atoms with van der Waals surface area (Å²) in [6, 6.07) is 13.3. The summed E-state index contributed by atoms with van der Waals surface area (Å²) in [5.41, 5.74) is 2.37. The number of nitrogens with one attached hydrogen (secondary N) is 3. The van der Waals surface area contributed by atoms with Crippen molar-refractivity contribution in [1.29, 1.82) is 0 Å². The minimum atomic E-state index is -0.623. The Morgan fingerprint density at radius 2 is 1.81 bits per heavy atom. The van der Waals surface area contributed by atoms with E-state index in [1.54, 1.807) is 7.11 Å². The zero-order chi connectivity index (χ0) is 26.4. The molecule has 0 spiro atoms. The molecule has 3 aromatic rings. The first kappa shape index (κ1) is 26.3. The van der Waals surface area contributed by atoms with Gasteiger partial charge in [-0.3, -0.25) is 5.32 Å². The Kier molecular flexibility index (Phi) is 8.23. The number of anilines is 6. The van der Waals surface area contributed by atoms with Crippen LogP contribution in [0, 0.1) is 0 Å². The first-order chi connectivity index (χ1) is 17.7. The molecule has 0 saturated carbocycles. The molecule has 0 atom stereocenters. The van der Waals surface area contributed by atoms with Crippen molar-refractivity contribution in [2.75, 3.05) is 41.0 Å². The van der Waals surface area contributed by atoms with Crippen LogP contribution in [0.4, 0.5) is 39.3 Å². The normalized spacial score (nSPS) is 13.6. The molecule has 1 aromatic heterocycles. The second-order valence-corrected chi connectivity index (χ2v) is 10.2. The van der Waals surface area contributed by atoms with Crippen molar-refractivity contribution in [2.24, 2.45) is 0 Å². The second-order valence-electron chi connectivity index (χ2n) is 9.78. The van der Waals surface area contributed by atoms with Gasteiger partial charge in [-0.25, -0.2) is 9.78 Å². The topological polar surface area (TPSA) is 101 Å². The maximum Gasteiger partial charge on any atom is 0.412 e. The van der Waals surface area contributed by atoms with E-state index in [9.17, 15) is 4.79 Å². The molecule has 0 unspecified atom stereocenters. The lowest BCUT2D eigenvalue weighted by atomic mass is 10.1. The number of rotatable bonds is 7. The minimum absolute atomic E-state index is 0.313. The highest BCUT2D eigenvalue weighted by atomic mass is 35.5. The van der Waals surface area contributed by atoms with E-state index in [1.165, 1.54) is 12.6 Å². The van der Waals surface area contributed by atoms with Gasteiger partial charge in [0.25, 0.3) is 0 Å². The lowest BCUT2D eigenvalue weighted by Gasteiger charge is -2.29. The van der Waals surface area contributed by atoms with Gasteiger partial charge in [0, 0.05) is 30.5 Å². The Morgan fingerprint density at radius 1 is 1.03 bits per heavy atom. The third-order valence-corrected chi connectivity index (χ3v) is 5.96. The summed E-state index contributed by atoms with van der Waals surface area (Å²) in [6.45, 7) is 7.45. The van der Waals surface area contributed by atoms with E-state index < -0.39 is 11.7 Å². The summed E-state index contributed by atoms with van der Waals surface area (Å²) < 4.78 is 10.8. The summed E-state index contributed by atoms with van der Waals surface area (Å²) in [5.74, 6) is 1.45. The highest BCUT2D eigenvalue weighted by Crippen LogP contribution is 2.33. The summed E-state index contributed by atoms with van der Waals surface area (Å²) in [6.07, 6.45) is 4.51. The van der Waals surface area contributed by atoms with Crippen LogP contribution in [0.15, 0.2) is 48.7 Å². The summed E-state index contributed by atoms with van der Waals surface area (Å²) in [5, 5.41) is 9.66. The molecule has 2 aromatic carbocycles. The fourth-order valence-electron chi connectivity index (χ4n) is 3.98. The third kappa shape index (κ3) is 7.39. The molecule has 1 amide bonds. The summed E-state index contributed by atoms with van der Waals surface area (Å²) >= 11 is 6.37. The molecule has 3 N–H and O–H groups in total. The van der Waals surface area contributed by atoms with Crippen LogP contribution in [0.5, 0.6) is 5.75 Å². The van der Waals surface area contributed by atoms with Crippen LogP contribution in [-0.2, 0) is 4.74 Å². The van der Waals surface area contributed by atoms with E-state index in [0.717, 1.165) is 37.3 Å². The van der Waals surface area contributed by atoms with Crippen LogP contribution in [-0.4, -0.2) is 41.9 Å². The lowest BCUT2D eigenvalue weighted by molar-refractivity contribution is 0.0636. The van der Waals surface area contributed by atoms with Gasteiger partial charge in [-0.1, -0.05) is 17.7 Å². The quantitative estimate of drug-likeness (QED) is 0.305. The molecule has 4 rings (SSSR count). The van der Waals surface area contributed by atoms with Gasteiger partial charge in [0.1, 0.15) is 16.4 Å². The molecule has 2 heterocycles. The number of piperidine rings is 1. The first-order valence-electron chi connectivity index (χ1n) is 12.3. The van der Waals surface area contributed by atoms with Gasteiger partial charge in [-0.2, -0.15) is 4.98 Å². The molecule has 196 valence electrons. The van der Waals surface area contributed by atoms with Crippen LogP contribution in [0.25, 0.3) is 0 Å². The van der Waals surface area contributed by atoms with Gasteiger partial charge >= 0.3 is 6.09 Å². The number of methoxy groups -OCH3 is 1. The Morgan fingerprint density at radius 3 is 2.54 bits per heavy atom. The maximum absolute atomic E-state index is 12.6. The molecule has 0 radical (unpaired) electrons. The maximum atomic E-state index is 12.6. The zero-order valence-corrected chi connectivity index (χ0v) is 22.4. The van der Waals surface area contributed by atoms with Gasteiger partial charge in [0.05, 0.1) is 24.7 Å². The van der Waals surface area contributed by atoms with Crippen molar-refractivity contribution in [2.45, 2.75) is 45.6 Å². The fraction of sp³-hybridized carbons (Fsp3) is 0.370. The van der Waals surface area contributed by atoms with E-state index in [4.69, 9.17) is 21.1 Å². The van der Waals surface area contributed by atoms with Crippen molar-refractivity contribution in [3.05, 3.63) is 53.7 Å². The Hall–Kier alpha value is -3.72. The van der Waals surface area contributed by atoms with Gasteiger partial charge in [-0.05, 0) is 70.4 Å². The van der Waals surface area contributed by atoms with Crippen molar-refractivity contribution >= 4 is 52.2 Å². The zero-order valence-electron chi connectivity index (χ0n) is 21.6. The van der Waals surface area contributed by atoms with Crippen LogP contribution in [0.2, 0.25) is 5.02 Å². The van der Waals surface area contributed by atoms with E-state index in [2.05, 4.69) is 30.8 Å². The summed E-state index contributed by atoms with van der Waals surface area (Å²) in [4.78, 5) is 23.8. The van der Waals surface area contributed by atoms with E-state index in [-0.39, 0.29) is 0 Å². The standard InChI is InChI=1S/C27H33ClN6O3/c1-27(2,3)37-26(35)32-23-16-19(34-13-6-5-7-14-34)11-12-22(23)31-25-29-17-21(28)24(33-25)30-18-9-8-10-20(15-18)36-4/h8-12,15-17H,5-7,13-14H2,1-4H3,(H,32,35)(H2,29,30,31,33). The van der Waals surface area contributed by atoms with E-state index in [0.29, 0.717) is 33.9 Å². The van der Waals surface area contributed by atoms with Crippen LogP contribution >= 0.6 is 11.6 Å². The largest absolute Gasteiger partial charge is 0.497 e. The average molecular weight is 525 g/mol. The minimum Gasteiger partial charge on any atom is -0.497 e. The van der Waals surface area contributed by atoms with Crippen molar-refractivity contribution < 1.29 is 14.3 Å². The number of nitrogens with zero attached hydrogens (tertiary/aromatic N) is 3. The number of amides is 1. The van der Waals surface area contributed by atoms with E-state index >= 15 is 0 Å². The van der Waals surface area contributed by atoms with Crippen molar-refractivity contribution in [1.82, 2.24) is 9.97 Å². The van der Waals surface area contributed by atoms with Gasteiger partial charge in [0.2, 0.25) is 5.95 Å². The highest BCUT2D eigenvalue weighted by molar-refractivity contribution is 6.32. The van der Waals surface area contributed by atoms with Gasteiger partial charge < -0.3 is 25.0 Å². The first-order valence-corrected chi connectivity index (χ1v) is 12.7. The molecular weight excluding hydrogens is 492 g/mol. The average Bonchev–Trinajstić information content (AvgIpc) is 2.86. The number of carbonyl (C=O) groups excluding carboxylic acids is 1. The van der Waals surface area contributed by atoms with Gasteiger partial charge in [-0.15, -0.1) is 0 Å². The molecule has 0 aliphatic carbocycles. The van der Waals surface area contributed by atoms with Crippen LogP contribution < -0.4 is 25.6 Å². The molecular formula is C27H33ClN6O3. The van der Waals surface area contributed by atoms with Crippen LogP contribution in [0.3, 0.4) is 0 Å². The predicted octanol–water partition coefficient (Wildman–Crippen LogP) is 6.96. The number of hydrogen-bond donors (Lipinski definition) is 3. The SMILES string of the molecule is COc1cccc(Nc2nc(Nc3ccc(N4CCCCC4)cc3NC(=O)OC(C)(C)C)ncc2Cl)c1. The monoisotopic (exact) mass is 524 g/mol. The molecule has 37 heavy (non-hydrogen) atoms. The highest BCUT2D eigenvalue weighted by Gasteiger charge is 2.19. The predicted molar refractivity (Wildman–Crippen MR) is 149 cm³/mol. The van der Waals surface area contributed by atoms with Gasteiger partial charge in [0.15, 0.2) is 5.82 Å². The van der Waals surface area contributed by atoms with Crippen molar-refractivity contribution in [3.8, 4) is 5.75 Å². The molecule has 0 bridgehead atoms. The van der Waals surface area contributed by atoms with Crippen molar-refractivity contribution in [3.63, 3.8) is 0 Å². The molecule has 1 aliphatic heterocycles. The Balaban J connectivity index is 1.60. The number of benzene rings is 2. The molecule has 1 saturated heterocycles. The second kappa shape index (κ2) is 11.6. The molecule has 1 fully saturated rings. The molecule has 9 nitrogen and oxygen atoms in total. The number of carbonyl (C=O) groups is 1. The Labute approximate surface area is 222 Å². The molecule has 10 heteroatoms. The lowest BCUT2D eigenvalue weighted by Crippen LogP contribution is -2.30. The molecule has 1 aliphatic rings. The number of ether oxygens (including phenoxy) is 2. The van der Waals surface area contributed by atoms with Crippen LogP contribution in [0.1, 0.15) is 40.0 Å². The third-order valence-electron chi connectivity index (χ3n) is 5.68.